The molecule has 1 aromatic heterocycles. The zero-order chi connectivity index (χ0) is 15.7. The Morgan fingerprint density at radius 2 is 1.77 bits per heavy atom. The molecule has 0 unspecified atom stereocenters. The monoisotopic (exact) mass is 320 g/mol. The molecular weight excluding hydrogens is 309 g/mol. The number of thiazole rings is 1. The van der Waals surface area contributed by atoms with Gasteiger partial charge in [0.15, 0.2) is 0 Å². The largest absolute Gasteiger partial charge is 0.416 e. The molecule has 3 aromatic rings. The maximum absolute atomic E-state index is 12.8. The second kappa shape index (κ2) is 5.46. The van der Waals surface area contributed by atoms with E-state index < -0.39 is 11.7 Å². The molecule has 22 heavy (non-hydrogen) atoms. The molecule has 1 heterocycles. The van der Waals surface area contributed by atoms with Crippen LogP contribution in [0.4, 0.5) is 18.9 Å². The molecule has 0 aliphatic carbocycles. The molecule has 0 radical (unpaired) electrons. The third kappa shape index (κ3) is 2.82. The van der Waals surface area contributed by atoms with Gasteiger partial charge in [0.2, 0.25) is 0 Å². The first kappa shape index (κ1) is 14.6. The van der Waals surface area contributed by atoms with Gasteiger partial charge in [-0.05, 0) is 24.3 Å². The number of hydrogen-bond donors (Lipinski definition) is 1. The van der Waals surface area contributed by atoms with Gasteiger partial charge in [0, 0.05) is 22.2 Å². The van der Waals surface area contributed by atoms with E-state index in [0.717, 1.165) is 17.7 Å². The molecule has 2 N–H and O–H groups in total. The van der Waals surface area contributed by atoms with Crippen LogP contribution in [0.15, 0.2) is 53.9 Å². The zero-order valence-corrected chi connectivity index (χ0v) is 12.1. The molecular formula is C16H11F3N2S. The van der Waals surface area contributed by atoms with Crippen LogP contribution in [0, 0.1) is 0 Å². The van der Waals surface area contributed by atoms with E-state index in [1.807, 2.05) is 18.2 Å². The van der Waals surface area contributed by atoms with Crippen molar-refractivity contribution in [3.05, 3.63) is 59.5 Å². The van der Waals surface area contributed by atoms with Crippen molar-refractivity contribution in [1.29, 1.82) is 0 Å². The van der Waals surface area contributed by atoms with Crippen molar-refractivity contribution in [2.24, 2.45) is 0 Å². The lowest BCUT2D eigenvalue weighted by atomic mass is 10.1. The maximum atomic E-state index is 12.8. The third-order valence-electron chi connectivity index (χ3n) is 3.18. The molecule has 0 atom stereocenters. The minimum atomic E-state index is -4.36. The van der Waals surface area contributed by atoms with E-state index in [-0.39, 0.29) is 0 Å². The van der Waals surface area contributed by atoms with E-state index in [4.69, 9.17) is 5.73 Å². The minimum Gasteiger partial charge on any atom is -0.398 e. The molecule has 2 nitrogen and oxygen atoms in total. The van der Waals surface area contributed by atoms with Gasteiger partial charge in [0.25, 0.3) is 0 Å². The SMILES string of the molecule is Nc1ccccc1-c1nc(-c2cccc(C(F)(F)F)c2)cs1. The molecule has 0 saturated carbocycles. The summed E-state index contributed by atoms with van der Waals surface area (Å²) < 4.78 is 38.3. The average Bonchev–Trinajstić information content (AvgIpc) is 2.97. The van der Waals surface area contributed by atoms with Crippen molar-refractivity contribution in [1.82, 2.24) is 4.98 Å². The summed E-state index contributed by atoms with van der Waals surface area (Å²) in [5.41, 5.74) is 7.54. The highest BCUT2D eigenvalue weighted by Crippen LogP contribution is 2.35. The second-order valence-electron chi connectivity index (χ2n) is 4.70. The Labute approximate surface area is 129 Å². The van der Waals surface area contributed by atoms with Crippen LogP contribution in [0.5, 0.6) is 0 Å². The predicted molar refractivity (Wildman–Crippen MR) is 82.4 cm³/mol. The van der Waals surface area contributed by atoms with Crippen LogP contribution in [-0.2, 0) is 6.18 Å². The Kier molecular flexibility index (Phi) is 3.62. The van der Waals surface area contributed by atoms with Crippen molar-refractivity contribution in [2.75, 3.05) is 5.73 Å². The first-order chi connectivity index (χ1) is 10.4. The Morgan fingerprint density at radius 1 is 1.00 bits per heavy atom. The van der Waals surface area contributed by atoms with Gasteiger partial charge < -0.3 is 5.73 Å². The van der Waals surface area contributed by atoms with Crippen LogP contribution >= 0.6 is 11.3 Å². The fourth-order valence-electron chi connectivity index (χ4n) is 2.08. The Hall–Kier alpha value is -2.34. The van der Waals surface area contributed by atoms with Crippen molar-refractivity contribution >= 4 is 17.0 Å². The van der Waals surface area contributed by atoms with Gasteiger partial charge in [0.1, 0.15) is 5.01 Å². The lowest BCUT2D eigenvalue weighted by Crippen LogP contribution is -2.04. The zero-order valence-electron chi connectivity index (χ0n) is 11.3. The van der Waals surface area contributed by atoms with E-state index in [1.54, 1.807) is 17.5 Å². The highest BCUT2D eigenvalue weighted by Gasteiger charge is 2.30. The molecule has 0 aliphatic rings. The highest BCUT2D eigenvalue weighted by molar-refractivity contribution is 7.13. The van der Waals surface area contributed by atoms with E-state index in [9.17, 15) is 13.2 Å². The van der Waals surface area contributed by atoms with Gasteiger partial charge in [-0.3, -0.25) is 0 Å². The standard InChI is InChI=1S/C16H11F3N2S/c17-16(18,19)11-5-3-4-10(8-11)14-9-22-15(21-14)12-6-1-2-7-13(12)20/h1-9H,20H2. The van der Waals surface area contributed by atoms with Gasteiger partial charge in [0.05, 0.1) is 11.3 Å². The summed E-state index contributed by atoms with van der Waals surface area (Å²) in [6.45, 7) is 0. The molecule has 0 aliphatic heterocycles. The van der Waals surface area contributed by atoms with Crippen LogP contribution in [-0.4, -0.2) is 4.98 Å². The Balaban J connectivity index is 2.00. The van der Waals surface area contributed by atoms with Crippen molar-refractivity contribution in [3.8, 4) is 21.8 Å². The smallest absolute Gasteiger partial charge is 0.398 e. The fourth-order valence-corrected chi connectivity index (χ4v) is 2.95. The van der Waals surface area contributed by atoms with Gasteiger partial charge in [-0.1, -0.05) is 24.3 Å². The van der Waals surface area contributed by atoms with Crippen LogP contribution in [0.1, 0.15) is 5.56 Å². The number of rotatable bonds is 2. The number of hydrogen-bond acceptors (Lipinski definition) is 3. The lowest BCUT2D eigenvalue weighted by molar-refractivity contribution is -0.137. The van der Waals surface area contributed by atoms with Gasteiger partial charge >= 0.3 is 6.18 Å². The summed E-state index contributed by atoms with van der Waals surface area (Å²) in [6.07, 6.45) is -4.36. The minimum absolute atomic E-state index is 0.437. The predicted octanol–water partition coefficient (Wildman–Crippen LogP) is 5.08. The van der Waals surface area contributed by atoms with Crippen molar-refractivity contribution < 1.29 is 13.2 Å². The Bertz CT molecular complexity index is 809. The molecule has 112 valence electrons. The number of nitrogen functional groups attached to an aromatic ring is 1. The highest BCUT2D eigenvalue weighted by atomic mass is 32.1. The number of alkyl halides is 3. The number of aromatic nitrogens is 1. The normalized spacial score (nSPS) is 11.6. The summed E-state index contributed by atoms with van der Waals surface area (Å²) in [5, 5.41) is 2.42. The van der Waals surface area contributed by atoms with E-state index in [2.05, 4.69) is 4.98 Å². The molecule has 0 fully saturated rings. The van der Waals surface area contributed by atoms with Crippen LogP contribution in [0.3, 0.4) is 0 Å². The maximum Gasteiger partial charge on any atom is 0.416 e. The molecule has 0 saturated heterocycles. The third-order valence-corrected chi connectivity index (χ3v) is 4.06. The van der Waals surface area contributed by atoms with Gasteiger partial charge in [-0.25, -0.2) is 4.98 Å². The van der Waals surface area contributed by atoms with E-state index in [1.165, 1.54) is 17.4 Å². The van der Waals surface area contributed by atoms with Gasteiger partial charge in [-0.2, -0.15) is 13.2 Å². The van der Waals surface area contributed by atoms with Crippen molar-refractivity contribution in [3.63, 3.8) is 0 Å². The fraction of sp³-hybridized carbons (Fsp3) is 0.0625. The number of benzene rings is 2. The van der Waals surface area contributed by atoms with Crippen LogP contribution in [0.2, 0.25) is 0 Å². The molecule has 3 rings (SSSR count). The summed E-state index contributed by atoms with van der Waals surface area (Å²) in [6, 6.07) is 12.4. The number of halogens is 3. The first-order valence-electron chi connectivity index (χ1n) is 6.43. The molecule has 0 amide bonds. The summed E-state index contributed by atoms with van der Waals surface area (Å²) in [4.78, 5) is 4.41. The summed E-state index contributed by atoms with van der Waals surface area (Å²) in [5.74, 6) is 0. The van der Waals surface area contributed by atoms with Gasteiger partial charge in [-0.15, -0.1) is 11.3 Å². The first-order valence-corrected chi connectivity index (χ1v) is 7.31. The average molecular weight is 320 g/mol. The number of anilines is 1. The lowest BCUT2D eigenvalue weighted by Gasteiger charge is -2.07. The topological polar surface area (TPSA) is 38.9 Å². The molecule has 6 heteroatoms. The van der Waals surface area contributed by atoms with Crippen molar-refractivity contribution in [2.45, 2.75) is 6.18 Å². The second-order valence-corrected chi connectivity index (χ2v) is 5.56. The van der Waals surface area contributed by atoms with Crippen LogP contribution < -0.4 is 5.73 Å². The van der Waals surface area contributed by atoms with E-state index in [0.29, 0.717) is 22.0 Å². The molecule has 0 spiro atoms. The van der Waals surface area contributed by atoms with Crippen LogP contribution in [0.25, 0.3) is 21.8 Å². The Morgan fingerprint density at radius 3 is 2.50 bits per heavy atom. The quantitative estimate of drug-likeness (QED) is 0.669. The molecule has 2 aromatic carbocycles. The number of nitrogens with zero attached hydrogens (tertiary/aromatic N) is 1. The van der Waals surface area contributed by atoms with E-state index >= 15 is 0 Å². The number of para-hydroxylation sites is 1. The summed E-state index contributed by atoms with van der Waals surface area (Å²) in [7, 11) is 0. The molecule has 0 bridgehead atoms. The number of nitrogens with two attached hydrogens (primary N) is 1. The summed E-state index contributed by atoms with van der Waals surface area (Å²) >= 11 is 1.35.